The Morgan fingerprint density at radius 3 is 2.81 bits per heavy atom. The number of nitrogens with one attached hydrogen (secondary N) is 1. The zero-order valence-corrected chi connectivity index (χ0v) is 13.4. The van der Waals surface area contributed by atoms with Crippen molar-refractivity contribution in [2.75, 3.05) is 11.1 Å². The smallest absolute Gasteiger partial charge is 0.0743 e. The number of anilines is 2. The van der Waals surface area contributed by atoms with Gasteiger partial charge >= 0.3 is 0 Å². The van der Waals surface area contributed by atoms with Crippen molar-refractivity contribution in [2.45, 2.75) is 6.54 Å². The molecule has 0 saturated heterocycles. The van der Waals surface area contributed by atoms with Crippen molar-refractivity contribution >= 4 is 49.8 Å². The van der Waals surface area contributed by atoms with Gasteiger partial charge in [-0.15, -0.1) is 0 Å². The molecule has 5 heteroatoms. The molecule has 21 heavy (non-hydrogen) atoms. The molecule has 0 aliphatic rings. The maximum absolute atomic E-state index is 6.18. The average molecular weight is 363 g/mol. The number of nitrogen functional groups attached to an aromatic ring is 1. The van der Waals surface area contributed by atoms with Crippen LogP contribution in [0.3, 0.4) is 0 Å². The first-order chi connectivity index (χ1) is 10.1. The molecule has 3 nitrogen and oxygen atoms in total. The topological polar surface area (TPSA) is 50.9 Å². The fourth-order valence-corrected chi connectivity index (χ4v) is 2.77. The first-order valence-electron chi connectivity index (χ1n) is 6.46. The maximum atomic E-state index is 6.18. The molecule has 1 aromatic heterocycles. The monoisotopic (exact) mass is 361 g/mol. The summed E-state index contributed by atoms with van der Waals surface area (Å²) < 4.78 is 0.989. The molecule has 0 fully saturated rings. The summed E-state index contributed by atoms with van der Waals surface area (Å²) in [6.07, 6.45) is 1.67. The van der Waals surface area contributed by atoms with Crippen molar-refractivity contribution < 1.29 is 0 Å². The van der Waals surface area contributed by atoms with E-state index in [1.165, 1.54) is 0 Å². The third-order valence-corrected chi connectivity index (χ3v) is 4.13. The SMILES string of the molecule is Nc1cnc2ccc(Br)cc2c1NCc1ccccc1Cl. The van der Waals surface area contributed by atoms with E-state index in [0.29, 0.717) is 12.2 Å². The zero-order chi connectivity index (χ0) is 14.8. The van der Waals surface area contributed by atoms with E-state index in [0.717, 1.165) is 31.6 Å². The molecule has 0 aliphatic carbocycles. The fraction of sp³-hybridized carbons (Fsp3) is 0.0625. The Balaban J connectivity index is 1.98. The summed E-state index contributed by atoms with van der Waals surface area (Å²) >= 11 is 9.66. The molecule has 106 valence electrons. The van der Waals surface area contributed by atoms with E-state index in [4.69, 9.17) is 17.3 Å². The Morgan fingerprint density at radius 1 is 1.19 bits per heavy atom. The number of fused-ring (bicyclic) bond motifs is 1. The highest BCUT2D eigenvalue weighted by Crippen LogP contribution is 2.30. The van der Waals surface area contributed by atoms with Gasteiger partial charge in [0.05, 0.1) is 23.1 Å². The van der Waals surface area contributed by atoms with Crippen LogP contribution in [0.2, 0.25) is 5.02 Å². The van der Waals surface area contributed by atoms with Gasteiger partial charge in [-0.3, -0.25) is 4.98 Å². The normalized spacial score (nSPS) is 10.8. The Bertz CT molecular complexity index is 799. The molecular formula is C16H13BrClN3. The second-order valence-corrected chi connectivity index (χ2v) is 6.02. The number of nitrogens with two attached hydrogens (primary N) is 1. The number of hydrogen-bond donors (Lipinski definition) is 2. The highest BCUT2D eigenvalue weighted by molar-refractivity contribution is 9.10. The minimum absolute atomic E-state index is 0.607. The van der Waals surface area contributed by atoms with Crippen molar-refractivity contribution in [3.05, 3.63) is 63.7 Å². The average Bonchev–Trinajstić information content (AvgIpc) is 2.48. The number of benzene rings is 2. The summed E-state index contributed by atoms with van der Waals surface area (Å²) in [6.45, 7) is 0.607. The summed E-state index contributed by atoms with van der Waals surface area (Å²) in [6, 6.07) is 13.7. The standard InChI is InChI=1S/C16H13BrClN3/c17-11-5-6-15-12(7-11)16(14(19)9-20-15)21-8-10-3-1-2-4-13(10)18/h1-7,9H,8,19H2,(H,20,21). The third kappa shape index (κ3) is 2.96. The van der Waals surface area contributed by atoms with Gasteiger partial charge in [0.1, 0.15) is 0 Å². The lowest BCUT2D eigenvalue weighted by Gasteiger charge is -2.13. The van der Waals surface area contributed by atoms with Crippen LogP contribution in [-0.4, -0.2) is 4.98 Å². The van der Waals surface area contributed by atoms with Crippen LogP contribution >= 0.6 is 27.5 Å². The van der Waals surface area contributed by atoms with E-state index >= 15 is 0 Å². The first kappa shape index (κ1) is 14.2. The van der Waals surface area contributed by atoms with E-state index in [1.807, 2.05) is 42.5 Å². The molecule has 0 amide bonds. The van der Waals surface area contributed by atoms with Crippen molar-refractivity contribution in [1.29, 1.82) is 0 Å². The molecule has 3 rings (SSSR count). The molecule has 3 aromatic rings. The number of halogens is 2. The van der Waals surface area contributed by atoms with Crippen LogP contribution in [0.5, 0.6) is 0 Å². The van der Waals surface area contributed by atoms with E-state index < -0.39 is 0 Å². The predicted molar refractivity (Wildman–Crippen MR) is 92.6 cm³/mol. The molecule has 0 saturated carbocycles. The third-order valence-electron chi connectivity index (χ3n) is 3.27. The Hall–Kier alpha value is -1.78. The van der Waals surface area contributed by atoms with Crippen LogP contribution in [0.15, 0.2) is 53.1 Å². The maximum Gasteiger partial charge on any atom is 0.0743 e. The van der Waals surface area contributed by atoms with Crippen LogP contribution in [0.1, 0.15) is 5.56 Å². The van der Waals surface area contributed by atoms with E-state index in [1.54, 1.807) is 6.20 Å². The highest BCUT2D eigenvalue weighted by atomic mass is 79.9. The van der Waals surface area contributed by atoms with Gasteiger partial charge in [0, 0.05) is 21.4 Å². The lowest BCUT2D eigenvalue weighted by atomic mass is 10.1. The molecule has 0 radical (unpaired) electrons. The fourth-order valence-electron chi connectivity index (χ4n) is 2.20. The Labute approximate surface area is 136 Å². The van der Waals surface area contributed by atoms with Crippen LogP contribution in [0.25, 0.3) is 10.9 Å². The molecule has 0 atom stereocenters. The second-order valence-electron chi connectivity index (χ2n) is 4.69. The van der Waals surface area contributed by atoms with Gasteiger partial charge in [-0.2, -0.15) is 0 Å². The van der Waals surface area contributed by atoms with Crippen molar-refractivity contribution in [3.63, 3.8) is 0 Å². The lowest BCUT2D eigenvalue weighted by molar-refractivity contribution is 1.15. The summed E-state index contributed by atoms with van der Waals surface area (Å²) in [5.74, 6) is 0. The van der Waals surface area contributed by atoms with E-state index in [-0.39, 0.29) is 0 Å². The second kappa shape index (κ2) is 5.92. The zero-order valence-electron chi connectivity index (χ0n) is 11.1. The summed E-state index contributed by atoms with van der Waals surface area (Å²) in [5, 5.41) is 5.09. The minimum atomic E-state index is 0.607. The Morgan fingerprint density at radius 2 is 2.00 bits per heavy atom. The summed E-state index contributed by atoms with van der Waals surface area (Å²) in [7, 11) is 0. The van der Waals surface area contributed by atoms with Gasteiger partial charge in [-0.1, -0.05) is 45.7 Å². The number of aromatic nitrogens is 1. The van der Waals surface area contributed by atoms with Gasteiger partial charge in [0.15, 0.2) is 0 Å². The van der Waals surface area contributed by atoms with Crippen LogP contribution < -0.4 is 11.1 Å². The Kier molecular flexibility index (Phi) is 3.99. The van der Waals surface area contributed by atoms with Gasteiger partial charge < -0.3 is 11.1 Å². The van der Waals surface area contributed by atoms with Gasteiger partial charge in [0.2, 0.25) is 0 Å². The van der Waals surface area contributed by atoms with Gasteiger partial charge in [-0.25, -0.2) is 0 Å². The molecule has 0 unspecified atom stereocenters. The van der Waals surface area contributed by atoms with Gasteiger partial charge in [-0.05, 0) is 29.8 Å². The minimum Gasteiger partial charge on any atom is -0.396 e. The molecule has 1 heterocycles. The summed E-state index contributed by atoms with van der Waals surface area (Å²) in [4.78, 5) is 4.34. The molecule has 2 aromatic carbocycles. The van der Waals surface area contributed by atoms with E-state index in [2.05, 4.69) is 26.2 Å². The van der Waals surface area contributed by atoms with Crippen LogP contribution in [0.4, 0.5) is 11.4 Å². The quantitative estimate of drug-likeness (QED) is 0.700. The van der Waals surface area contributed by atoms with Gasteiger partial charge in [0.25, 0.3) is 0 Å². The summed E-state index contributed by atoms with van der Waals surface area (Å²) in [5.41, 5.74) is 9.48. The molecule has 3 N–H and O–H groups in total. The molecule has 0 spiro atoms. The van der Waals surface area contributed by atoms with Crippen LogP contribution in [-0.2, 0) is 6.54 Å². The van der Waals surface area contributed by atoms with Crippen molar-refractivity contribution in [1.82, 2.24) is 4.98 Å². The predicted octanol–water partition coefficient (Wildman–Crippen LogP) is 4.85. The highest BCUT2D eigenvalue weighted by Gasteiger charge is 2.08. The molecule has 0 bridgehead atoms. The first-order valence-corrected chi connectivity index (χ1v) is 7.63. The largest absolute Gasteiger partial charge is 0.396 e. The van der Waals surface area contributed by atoms with Crippen molar-refractivity contribution in [3.8, 4) is 0 Å². The molecule has 0 aliphatic heterocycles. The number of nitrogens with zero attached hydrogens (tertiary/aromatic N) is 1. The number of hydrogen-bond acceptors (Lipinski definition) is 3. The molecular weight excluding hydrogens is 350 g/mol. The van der Waals surface area contributed by atoms with Crippen LogP contribution in [0, 0.1) is 0 Å². The van der Waals surface area contributed by atoms with E-state index in [9.17, 15) is 0 Å². The van der Waals surface area contributed by atoms with Crippen molar-refractivity contribution in [2.24, 2.45) is 0 Å². The lowest BCUT2D eigenvalue weighted by Crippen LogP contribution is -2.04. The number of pyridine rings is 1. The number of rotatable bonds is 3.